The van der Waals surface area contributed by atoms with Crippen molar-refractivity contribution in [2.45, 2.75) is 0 Å². The highest BCUT2D eigenvalue weighted by Gasteiger charge is 2.07. The number of nitrogen functional groups attached to an aromatic ring is 1. The van der Waals surface area contributed by atoms with Crippen LogP contribution in [0.3, 0.4) is 0 Å². The minimum atomic E-state index is -0.248. The van der Waals surface area contributed by atoms with Gasteiger partial charge >= 0.3 is 0 Å². The summed E-state index contributed by atoms with van der Waals surface area (Å²) in [7, 11) is 1.49. The molecule has 4 nitrogen and oxygen atoms in total. The zero-order chi connectivity index (χ0) is 9.14. The monoisotopic (exact) mass is 165 g/mol. The summed E-state index contributed by atoms with van der Waals surface area (Å²) in [5.74, 6) is 5.01. The maximum Gasteiger partial charge on any atom is 0.267 e. The predicted molar refractivity (Wildman–Crippen MR) is 47.1 cm³/mol. The van der Waals surface area contributed by atoms with Gasteiger partial charge in [-0.15, -0.1) is 0 Å². The van der Waals surface area contributed by atoms with Crippen molar-refractivity contribution in [2.24, 2.45) is 5.84 Å². The normalized spacial score (nSPS) is 9.50. The number of nitrogens with two attached hydrogens (primary N) is 2. The molecule has 0 bridgehead atoms. The van der Waals surface area contributed by atoms with Gasteiger partial charge in [0.15, 0.2) is 0 Å². The van der Waals surface area contributed by atoms with Crippen LogP contribution in [0.25, 0.3) is 0 Å². The number of anilines is 1. The van der Waals surface area contributed by atoms with Crippen LogP contribution in [-0.4, -0.2) is 18.0 Å². The Bertz CT molecular complexity index is 296. The first-order valence-corrected chi connectivity index (χ1v) is 3.49. The summed E-state index contributed by atoms with van der Waals surface area (Å²) in [5.41, 5.74) is 6.54. The Labute approximate surface area is 70.7 Å². The van der Waals surface area contributed by atoms with Crippen molar-refractivity contribution >= 4 is 11.6 Å². The Balaban J connectivity index is 2.96. The predicted octanol–water partition coefficient (Wildman–Crippen LogP) is 0.214. The number of carbonyl (C=O) groups is 1. The molecule has 4 N–H and O–H groups in total. The van der Waals surface area contributed by atoms with E-state index in [4.69, 9.17) is 11.6 Å². The molecule has 1 aromatic carbocycles. The van der Waals surface area contributed by atoms with Crippen LogP contribution >= 0.6 is 0 Å². The molecule has 0 saturated carbocycles. The summed E-state index contributed by atoms with van der Waals surface area (Å²) in [4.78, 5) is 11.2. The molecule has 0 radical (unpaired) electrons. The quantitative estimate of drug-likeness (QED) is 0.270. The van der Waals surface area contributed by atoms with Gasteiger partial charge < -0.3 is 5.73 Å². The van der Waals surface area contributed by atoms with Crippen LogP contribution in [0.5, 0.6) is 0 Å². The lowest BCUT2D eigenvalue weighted by Crippen LogP contribution is -2.33. The highest BCUT2D eigenvalue weighted by molar-refractivity contribution is 5.94. The Morgan fingerprint density at radius 2 is 2.17 bits per heavy atom. The van der Waals surface area contributed by atoms with Gasteiger partial charge in [0.2, 0.25) is 0 Å². The SMILES string of the molecule is CN(N)C(=O)c1cccc(N)c1. The van der Waals surface area contributed by atoms with Crippen molar-refractivity contribution in [3.63, 3.8) is 0 Å². The standard InChI is InChI=1S/C8H11N3O/c1-11(10)8(12)6-3-2-4-7(9)5-6/h2-5H,9-10H2,1H3. The molecule has 12 heavy (non-hydrogen) atoms. The van der Waals surface area contributed by atoms with Crippen LogP contribution in [0.4, 0.5) is 5.69 Å². The summed E-state index contributed by atoms with van der Waals surface area (Å²) in [6, 6.07) is 6.69. The zero-order valence-electron chi connectivity index (χ0n) is 6.82. The van der Waals surface area contributed by atoms with Crippen LogP contribution in [0.1, 0.15) is 10.4 Å². The van der Waals surface area contributed by atoms with Crippen molar-refractivity contribution in [3.05, 3.63) is 29.8 Å². The molecular formula is C8H11N3O. The summed E-state index contributed by atoms with van der Waals surface area (Å²) in [6.07, 6.45) is 0. The number of carbonyl (C=O) groups excluding carboxylic acids is 1. The van der Waals surface area contributed by atoms with E-state index in [1.54, 1.807) is 24.3 Å². The van der Waals surface area contributed by atoms with Gasteiger partial charge in [0.25, 0.3) is 5.91 Å². The first-order chi connectivity index (χ1) is 5.61. The molecule has 0 unspecified atom stereocenters. The third-order valence-corrected chi connectivity index (χ3v) is 1.45. The van der Waals surface area contributed by atoms with Gasteiger partial charge in [-0.3, -0.25) is 9.80 Å². The molecule has 0 aliphatic carbocycles. The van der Waals surface area contributed by atoms with Gasteiger partial charge in [0.05, 0.1) is 0 Å². The second-order valence-electron chi connectivity index (χ2n) is 2.54. The number of benzene rings is 1. The van der Waals surface area contributed by atoms with E-state index >= 15 is 0 Å². The number of rotatable bonds is 1. The molecular weight excluding hydrogens is 154 g/mol. The van der Waals surface area contributed by atoms with Gasteiger partial charge in [0.1, 0.15) is 0 Å². The minimum Gasteiger partial charge on any atom is -0.399 e. The molecule has 4 heteroatoms. The van der Waals surface area contributed by atoms with Crippen LogP contribution in [0.2, 0.25) is 0 Å². The molecule has 0 aliphatic heterocycles. The summed E-state index contributed by atoms with van der Waals surface area (Å²) in [5, 5.41) is 1.02. The van der Waals surface area contributed by atoms with Gasteiger partial charge in [-0.2, -0.15) is 0 Å². The van der Waals surface area contributed by atoms with E-state index in [0.29, 0.717) is 11.3 Å². The highest BCUT2D eigenvalue weighted by Crippen LogP contribution is 2.07. The second kappa shape index (κ2) is 3.23. The fourth-order valence-corrected chi connectivity index (χ4v) is 0.875. The molecule has 64 valence electrons. The number of hydrazine groups is 1. The summed E-state index contributed by atoms with van der Waals surface area (Å²) in [6.45, 7) is 0. The fourth-order valence-electron chi connectivity index (χ4n) is 0.875. The molecule has 0 aliphatic rings. The molecule has 0 saturated heterocycles. The largest absolute Gasteiger partial charge is 0.399 e. The smallest absolute Gasteiger partial charge is 0.267 e. The fraction of sp³-hybridized carbons (Fsp3) is 0.125. The lowest BCUT2D eigenvalue weighted by atomic mass is 10.2. The van der Waals surface area contributed by atoms with E-state index in [2.05, 4.69) is 0 Å². The van der Waals surface area contributed by atoms with E-state index in [1.165, 1.54) is 7.05 Å². The van der Waals surface area contributed by atoms with Gasteiger partial charge in [0, 0.05) is 18.3 Å². The molecule has 0 atom stereocenters. The average Bonchev–Trinajstić information content (AvgIpc) is 2.03. The average molecular weight is 165 g/mol. The zero-order valence-corrected chi connectivity index (χ0v) is 6.82. The molecule has 1 amide bonds. The molecule has 0 heterocycles. The molecule has 0 fully saturated rings. The van der Waals surface area contributed by atoms with Gasteiger partial charge in [-0.1, -0.05) is 6.07 Å². The lowest BCUT2D eigenvalue weighted by Gasteiger charge is -2.09. The topological polar surface area (TPSA) is 72.3 Å². The molecule has 0 spiro atoms. The van der Waals surface area contributed by atoms with Crippen LogP contribution < -0.4 is 11.6 Å². The van der Waals surface area contributed by atoms with Crippen LogP contribution in [0, 0.1) is 0 Å². The number of nitrogens with zero attached hydrogens (tertiary/aromatic N) is 1. The first kappa shape index (κ1) is 8.55. The van der Waals surface area contributed by atoms with Crippen molar-refractivity contribution in [2.75, 3.05) is 12.8 Å². The summed E-state index contributed by atoms with van der Waals surface area (Å²) >= 11 is 0. The summed E-state index contributed by atoms with van der Waals surface area (Å²) < 4.78 is 0. The lowest BCUT2D eigenvalue weighted by molar-refractivity contribution is 0.0795. The van der Waals surface area contributed by atoms with E-state index in [9.17, 15) is 4.79 Å². The van der Waals surface area contributed by atoms with E-state index in [0.717, 1.165) is 5.01 Å². The van der Waals surface area contributed by atoms with Crippen molar-refractivity contribution in [1.82, 2.24) is 5.01 Å². The second-order valence-corrected chi connectivity index (χ2v) is 2.54. The maximum atomic E-state index is 11.2. The number of hydrogen-bond donors (Lipinski definition) is 2. The minimum absolute atomic E-state index is 0.248. The molecule has 1 rings (SSSR count). The van der Waals surface area contributed by atoms with E-state index in [-0.39, 0.29) is 5.91 Å². The Morgan fingerprint density at radius 3 is 2.67 bits per heavy atom. The molecule has 0 aromatic heterocycles. The Kier molecular flexibility index (Phi) is 2.30. The van der Waals surface area contributed by atoms with Gasteiger partial charge in [-0.05, 0) is 18.2 Å². The van der Waals surface area contributed by atoms with Crippen LogP contribution in [0.15, 0.2) is 24.3 Å². The van der Waals surface area contributed by atoms with Crippen molar-refractivity contribution in [3.8, 4) is 0 Å². The van der Waals surface area contributed by atoms with Crippen molar-refractivity contribution in [1.29, 1.82) is 0 Å². The number of hydrogen-bond acceptors (Lipinski definition) is 3. The maximum absolute atomic E-state index is 11.2. The molecule has 1 aromatic rings. The highest BCUT2D eigenvalue weighted by atomic mass is 16.2. The Hall–Kier alpha value is -1.55. The number of amides is 1. The third-order valence-electron chi connectivity index (χ3n) is 1.45. The van der Waals surface area contributed by atoms with Crippen LogP contribution in [-0.2, 0) is 0 Å². The van der Waals surface area contributed by atoms with Crippen molar-refractivity contribution < 1.29 is 4.79 Å². The van der Waals surface area contributed by atoms with E-state index < -0.39 is 0 Å². The third kappa shape index (κ3) is 1.73. The Morgan fingerprint density at radius 1 is 1.50 bits per heavy atom. The van der Waals surface area contributed by atoms with Gasteiger partial charge in [-0.25, -0.2) is 5.84 Å². The van der Waals surface area contributed by atoms with E-state index in [1.807, 2.05) is 0 Å². The first-order valence-electron chi connectivity index (χ1n) is 3.49.